The van der Waals surface area contributed by atoms with E-state index in [1.807, 2.05) is 0 Å². The minimum Gasteiger partial charge on any atom is -0.258 e. The van der Waals surface area contributed by atoms with Crippen molar-refractivity contribution in [3.63, 3.8) is 0 Å². The van der Waals surface area contributed by atoms with Gasteiger partial charge in [0.15, 0.2) is 19.7 Å². The molecular formula is C14H13NO6S2. The molecule has 7 nitrogen and oxygen atoms in total. The maximum atomic E-state index is 12.4. The van der Waals surface area contributed by atoms with Crippen LogP contribution in [0.1, 0.15) is 5.56 Å². The smallest absolute Gasteiger partial charge is 0.258 e. The summed E-state index contributed by atoms with van der Waals surface area (Å²) in [5, 5.41) is 10.8. The first kappa shape index (κ1) is 17.1. The molecule has 0 spiro atoms. The molecule has 0 saturated carbocycles. The second-order valence-corrected chi connectivity index (χ2v) is 8.87. The Morgan fingerprint density at radius 2 is 1.61 bits per heavy atom. The van der Waals surface area contributed by atoms with Crippen LogP contribution in [0.5, 0.6) is 0 Å². The van der Waals surface area contributed by atoms with E-state index >= 15 is 0 Å². The van der Waals surface area contributed by atoms with Gasteiger partial charge in [0.2, 0.25) is 0 Å². The van der Waals surface area contributed by atoms with Gasteiger partial charge in [0.05, 0.1) is 20.5 Å². The SMILES string of the molecule is CS(=O)(=O)c1cc([N+](=O)[O-])ccc1CS(=O)(=O)c1ccccc1. The van der Waals surface area contributed by atoms with Crippen LogP contribution in [0.4, 0.5) is 5.69 Å². The number of non-ortho nitro benzene ring substituents is 1. The number of rotatable bonds is 5. The number of sulfone groups is 2. The van der Waals surface area contributed by atoms with Gasteiger partial charge in [-0.3, -0.25) is 10.1 Å². The standard InChI is InChI=1S/C14H13NO6S2/c1-22(18,19)14-9-12(15(16)17)8-7-11(14)10-23(20,21)13-5-3-2-4-6-13/h2-9H,10H2,1H3. The molecule has 0 fully saturated rings. The monoisotopic (exact) mass is 355 g/mol. The fraction of sp³-hybridized carbons (Fsp3) is 0.143. The molecule has 0 saturated heterocycles. The summed E-state index contributed by atoms with van der Waals surface area (Å²) < 4.78 is 48.4. The molecule has 2 rings (SSSR count). The summed E-state index contributed by atoms with van der Waals surface area (Å²) in [7, 11) is -7.58. The lowest BCUT2D eigenvalue weighted by atomic mass is 10.2. The largest absolute Gasteiger partial charge is 0.270 e. The second-order valence-electron chi connectivity index (χ2n) is 4.89. The Kier molecular flexibility index (Phi) is 4.53. The molecule has 0 radical (unpaired) electrons. The van der Waals surface area contributed by atoms with Crippen LogP contribution in [0, 0.1) is 10.1 Å². The first-order chi connectivity index (χ1) is 10.6. The molecule has 0 aliphatic heterocycles. The highest BCUT2D eigenvalue weighted by atomic mass is 32.2. The van der Waals surface area contributed by atoms with Gasteiger partial charge in [0.1, 0.15) is 0 Å². The average Bonchev–Trinajstić information content (AvgIpc) is 2.47. The lowest BCUT2D eigenvalue weighted by Crippen LogP contribution is -2.10. The highest BCUT2D eigenvalue weighted by Gasteiger charge is 2.23. The number of nitrogens with zero attached hydrogens (tertiary/aromatic N) is 1. The lowest BCUT2D eigenvalue weighted by molar-refractivity contribution is -0.385. The Hall–Kier alpha value is -2.26. The van der Waals surface area contributed by atoms with Crippen molar-refractivity contribution < 1.29 is 21.8 Å². The molecule has 0 aliphatic carbocycles. The van der Waals surface area contributed by atoms with Crippen molar-refractivity contribution in [3.05, 3.63) is 64.2 Å². The maximum absolute atomic E-state index is 12.4. The van der Waals surface area contributed by atoms with Crippen LogP contribution < -0.4 is 0 Å². The average molecular weight is 355 g/mol. The van der Waals surface area contributed by atoms with Crippen LogP contribution in [0.3, 0.4) is 0 Å². The van der Waals surface area contributed by atoms with Crippen LogP contribution in [-0.2, 0) is 25.4 Å². The van der Waals surface area contributed by atoms with E-state index in [0.717, 1.165) is 24.5 Å². The zero-order valence-electron chi connectivity index (χ0n) is 12.0. The topological polar surface area (TPSA) is 111 Å². The highest BCUT2D eigenvalue weighted by molar-refractivity contribution is 7.91. The van der Waals surface area contributed by atoms with Gasteiger partial charge in [-0.2, -0.15) is 0 Å². The zero-order chi connectivity index (χ0) is 17.3. The molecule has 0 amide bonds. The molecule has 0 aromatic heterocycles. The van der Waals surface area contributed by atoms with Crippen LogP contribution in [0.15, 0.2) is 58.3 Å². The molecular weight excluding hydrogens is 342 g/mol. The summed E-state index contributed by atoms with van der Waals surface area (Å²) in [6, 6.07) is 10.7. The molecule has 122 valence electrons. The number of hydrogen-bond donors (Lipinski definition) is 0. The van der Waals surface area contributed by atoms with E-state index in [1.54, 1.807) is 18.2 Å². The van der Waals surface area contributed by atoms with Crippen molar-refractivity contribution in [1.29, 1.82) is 0 Å². The van der Waals surface area contributed by atoms with Gasteiger partial charge in [-0.1, -0.05) is 18.2 Å². The lowest BCUT2D eigenvalue weighted by Gasteiger charge is -2.09. The second kappa shape index (κ2) is 6.09. The van der Waals surface area contributed by atoms with Gasteiger partial charge in [0.25, 0.3) is 5.69 Å². The van der Waals surface area contributed by atoms with E-state index in [2.05, 4.69) is 0 Å². The van der Waals surface area contributed by atoms with Gasteiger partial charge >= 0.3 is 0 Å². The maximum Gasteiger partial charge on any atom is 0.270 e. The quantitative estimate of drug-likeness (QED) is 0.599. The summed E-state index contributed by atoms with van der Waals surface area (Å²) in [5.41, 5.74) is -0.409. The predicted octanol–water partition coefficient (Wildman–Crippen LogP) is 1.97. The van der Waals surface area contributed by atoms with Crippen LogP contribution in [0.2, 0.25) is 0 Å². The van der Waals surface area contributed by atoms with E-state index in [1.165, 1.54) is 12.1 Å². The highest BCUT2D eigenvalue weighted by Crippen LogP contribution is 2.26. The number of nitro benzene ring substituents is 1. The Morgan fingerprint density at radius 1 is 1.00 bits per heavy atom. The van der Waals surface area contributed by atoms with E-state index in [4.69, 9.17) is 0 Å². The summed E-state index contributed by atoms with van der Waals surface area (Å²) in [6.07, 6.45) is 0.880. The molecule has 0 bridgehead atoms. The summed E-state index contributed by atoms with van der Waals surface area (Å²) in [4.78, 5) is 9.76. The third-order valence-corrected chi connectivity index (χ3v) is 5.97. The van der Waals surface area contributed by atoms with E-state index in [0.29, 0.717) is 0 Å². The molecule has 23 heavy (non-hydrogen) atoms. The van der Waals surface area contributed by atoms with Crippen LogP contribution >= 0.6 is 0 Å². The zero-order valence-corrected chi connectivity index (χ0v) is 13.7. The summed E-state index contributed by atoms with van der Waals surface area (Å²) >= 11 is 0. The fourth-order valence-corrected chi connectivity index (χ4v) is 4.48. The third kappa shape index (κ3) is 3.93. The van der Waals surface area contributed by atoms with Gasteiger partial charge in [0, 0.05) is 18.4 Å². The van der Waals surface area contributed by atoms with Crippen LogP contribution in [-0.4, -0.2) is 28.0 Å². The van der Waals surface area contributed by atoms with Gasteiger partial charge in [-0.05, 0) is 23.8 Å². The molecule has 2 aromatic rings. The molecule has 0 aliphatic rings. The molecule has 0 N–H and O–H groups in total. The fourth-order valence-electron chi connectivity index (χ4n) is 2.04. The number of benzene rings is 2. The number of hydrogen-bond acceptors (Lipinski definition) is 6. The molecule has 2 aromatic carbocycles. The third-order valence-electron chi connectivity index (χ3n) is 3.11. The minimum atomic E-state index is -3.81. The summed E-state index contributed by atoms with van der Waals surface area (Å²) in [6.45, 7) is 0. The minimum absolute atomic E-state index is 0.00181. The Balaban J connectivity index is 2.54. The predicted molar refractivity (Wildman–Crippen MR) is 83.5 cm³/mol. The Morgan fingerprint density at radius 3 is 2.13 bits per heavy atom. The van der Waals surface area contributed by atoms with Crippen molar-refractivity contribution in [1.82, 2.24) is 0 Å². The normalized spacial score (nSPS) is 12.0. The molecule has 0 heterocycles. The first-order valence-electron chi connectivity index (χ1n) is 6.36. The Bertz CT molecular complexity index is 950. The van der Waals surface area contributed by atoms with E-state index in [9.17, 15) is 26.9 Å². The van der Waals surface area contributed by atoms with Crippen molar-refractivity contribution >= 4 is 25.4 Å². The van der Waals surface area contributed by atoms with Gasteiger partial charge in [-0.25, -0.2) is 16.8 Å². The van der Waals surface area contributed by atoms with Crippen molar-refractivity contribution in [2.45, 2.75) is 15.5 Å². The van der Waals surface area contributed by atoms with Crippen molar-refractivity contribution in [3.8, 4) is 0 Å². The van der Waals surface area contributed by atoms with Crippen LogP contribution in [0.25, 0.3) is 0 Å². The Labute approximate surface area is 133 Å². The molecule has 0 unspecified atom stereocenters. The molecule has 0 atom stereocenters. The first-order valence-corrected chi connectivity index (χ1v) is 9.91. The van der Waals surface area contributed by atoms with Crippen molar-refractivity contribution in [2.24, 2.45) is 0 Å². The molecule has 9 heteroatoms. The number of nitro groups is 1. The van der Waals surface area contributed by atoms with E-state index < -0.39 is 36.0 Å². The van der Waals surface area contributed by atoms with E-state index in [-0.39, 0.29) is 15.4 Å². The van der Waals surface area contributed by atoms with Crippen molar-refractivity contribution in [2.75, 3.05) is 6.26 Å². The van der Waals surface area contributed by atoms with Gasteiger partial charge < -0.3 is 0 Å². The summed E-state index contributed by atoms with van der Waals surface area (Å²) in [5.74, 6) is -0.558. The van der Waals surface area contributed by atoms with Gasteiger partial charge in [-0.15, -0.1) is 0 Å².